The summed E-state index contributed by atoms with van der Waals surface area (Å²) in [6, 6.07) is 10.5. The van der Waals surface area contributed by atoms with Crippen molar-refractivity contribution >= 4 is 33.2 Å². The van der Waals surface area contributed by atoms with Gasteiger partial charge in [0, 0.05) is 25.1 Å². The number of amides is 2. The monoisotopic (exact) mass is 392 g/mol. The summed E-state index contributed by atoms with van der Waals surface area (Å²) in [5.41, 5.74) is 5.35. The zero-order valence-corrected chi connectivity index (χ0v) is 14.7. The third kappa shape index (κ3) is 5.33. The molecular formula is C16H16N4O6S. The second kappa shape index (κ2) is 8.38. The van der Waals surface area contributed by atoms with Crippen molar-refractivity contribution in [2.24, 2.45) is 5.73 Å². The molecule has 11 heteroatoms. The maximum absolute atomic E-state index is 12.1. The predicted octanol–water partition coefficient (Wildman–Crippen LogP) is 1.00. The first-order chi connectivity index (χ1) is 12.7. The van der Waals surface area contributed by atoms with E-state index in [1.807, 2.05) is 0 Å². The average Bonchev–Trinajstić information content (AvgIpc) is 2.62. The minimum Gasteiger partial charge on any atom is -0.366 e. The van der Waals surface area contributed by atoms with Crippen LogP contribution in [0.15, 0.2) is 53.4 Å². The van der Waals surface area contributed by atoms with E-state index in [2.05, 4.69) is 10.0 Å². The third-order valence-electron chi connectivity index (χ3n) is 3.47. The molecule has 0 aliphatic heterocycles. The molecule has 0 bridgehead atoms. The van der Waals surface area contributed by atoms with Crippen LogP contribution in [-0.4, -0.2) is 31.7 Å². The van der Waals surface area contributed by atoms with Gasteiger partial charge in [0.25, 0.3) is 11.6 Å². The highest BCUT2D eigenvalue weighted by atomic mass is 32.2. The van der Waals surface area contributed by atoms with Crippen LogP contribution in [-0.2, 0) is 14.8 Å². The highest BCUT2D eigenvalue weighted by Crippen LogP contribution is 2.16. The Hall–Kier alpha value is -3.31. The fourth-order valence-electron chi connectivity index (χ4n) is 2.15. The van der Waals surface area contributed by atoms with Gasteiger partial charge in [-0.15, -0.1) is 0 Å². The number of primary amides is 1. The van der Waals surface area contributed by atoms with E-state index >= 15 is 0 Å². The number of non-ortho nitro benzene ring substituents is 1. The number of hydrogen-bond donors (Lipinski definition) is 3. The maximum atomic E-state index is 12.1. The van der Waals surface area contributed by atoms with E-state index in [0.717, 1.165) is 24.3 Å². The van der Waals surface area contributed by atoms with Gasteiger partial charge in [0.1, 0.15) is 0 Å². The molecule has 0 spiro atoms. The molecule has 142 valence electrons. The normalized spacial score (nSPS) is 11.0. The van der Waals surface area contributed by atoms with Crippen molar-refractivity contribution in [3.63, 3.8) is 0 Å². The number of rotatable bonds is 8. The summed E-state index contributed by atoms with van der Waals surface area (Å²) in [5.74, 6) is -1.22. The quantitative estimate of drug-likeness (QED) is 0.448. The number of nitrogens with zero attached hydrogens (tertiary/aromatic N) is 1. The fourth-order valence-corrected chi connectivity index (χ4v) is 3.18. The molecule has 2 aromatic rings. The van der Waals surface area contributed by atoms with Crippen LogP contribution in [0.1, 0.15) is 16.8 Å². The van der Waals surface area contributed by atoms with E-state index in [9.17, 15) is 28.1 Å². The lowest BCUT2D eigenvalue weighted by Crippen LogP contribution is -2.28. The third-order valence-corrected chi connectivity index (χ3v) is 4.95. The molecule has 0 radical (unpaired) electrons. The van der Waals surface area contributed by atoms with Crippen molar-refractivity contribution in [2.75, 3.05) is 11.9 Å². The van der Waals surface area contributed by atoms with Crippen LogP contribution in [0.2, 0.25) is 0 Å². The first kappa shape index (κ1) is 20.0. The summed E-state index contributed by atoms with van der Waals surface area (Å²) >= 11 is 0. The highest BCUT2D eigenvalue weighted by molar-refractivity contribution is 7.89. The minimum atomic E-state index is -3.92. The van der Waals surface area contributed by atoms with Gasteiger partial charge in [0.2, 0.25) is 15.9 Å². The van der Waals surface area contributed by atoms with Gasteiger partial charge in [-0.05, 0) is 24.3 Å². The molecule has 0 atom stereocenters. The Labute approximate surface area is 154 Å². The molecule has 2 rings (SSSR count). The lowest BCUT2D eigenvalue weighted by atomic mass is 10.1. The van der Waals surface area contributed by atoms with Crippen molar-refractivity contribution in [3.8, 4) is 0 Å². The summed E-state index contributed by atoms with van der Waals surface area (Å²) < 4.78 is 26.5. The summed E-state index contributed by atoms with van der Waals surface area (Å²) in [6.45, 7) is -0.204. The number of nitrogens with two attached hydrogens (primary N) is 1. The van der Waals surface area contributed by atoms with Gasteiger partial charge in [-0.3, -0.25) is 19.7 Å². The zero-order valence-electron chi connectivity index (χ0n) is 13.9. The number of carbonyl (C=O) groups is 2. The number of nitro groups is 1. The first-order valence-corrected chi connectivity index (χ1v) is 9.12. The lowest BCUT2D eigenvalue weighted by molar-refractivity contribution is -0.384. The molecule has 2 aromatic carbocycles. The van der Waals surface area contributed by atoms with Crippen LogP contribution >= 0.6 is 0 Å². The number of nitrogens with one attached hydrogen (secondary N) is 2. The summed E-state index contributed by atoms with van der Waals surface area (Å²) in [7, 11) is -3.92. The van der Waals surface area contributed by atoms with E-state index in [-0.39, 0.29) is 34.8 Å². The smallest absolute Gasteiger partial charge is 0.269 e. The van der Waals surface area contributed by atoms with E-state index in [4.69, 9.17) is 5.73 Å². The molecular weight excluding hydrogens is 376 g/mol. The Morgan fingerprint density at radius 1 is 1.07 bits per heavy atom. The van der Waals surface area contributed by atoms with Crippen LogP contribution in [0.25, 0.3) is 0 Å². The number of carbonyl (C=O) groups excluding carboxylic acids is 2. The minimum absolute atomic E-state index is 0.136. The predicted molar refractivity (Wildman–Crippen MR) is 96.5 cm³/mol. The zero-order chi connectivity index (χ0) is 20.0. The molecule has 0 saturated heterocycles. The second-order valence-corrected chi connectivity index (χ2v) is 7.12. The standard InChI is InChI=1S/C16H16N4O6S/c17-16(22)13-3-1-2-4-14(13)19-15(21)9-10-18-27(25,26)12-7-5-11(6-8-12)20(23)24/h1-8,18H,9-10H2,(H2,17,22)(H,19,21). The van der Waals surface area contributed by atoms with E-state index in [1.54, 1.807) is 12.1 Å². The first-order valence-electron chi connectivity index (χ1n) is 7.63. The van der Waals surface area contributed by atoms with Crippen molar-refractivity contribution in [1.29, 1.82) is 0 Å². The second-order valence-electron chi connectivity index (χ2n) is 5.36. The Bertz CT molecular complexity index is 973. The number of para-hydroxylation sites is 1. The molecule has 27 heavy (non-hydrogen) atoms. The van der Waals surface area contributed by atoms with Crippen LogP contribution in [0.5, 0.6) is 0 Å². The number of hydrogen-bond acceptors (Lipinski definition) is 6. The number of benzene rings is 2. The van der Waals surface area contributed by atoms with Gasteiger partial charge in [0.15, 0.2) is 0 Å². The van der Waals surface area contributed by atoms with Crippen molar-refractivity contribution in [1.82, 2.24) is 4.72 Å². The molecule has 0 saturated carbocycles. The van der Waals surface area contributed by atoms with Crippen LogP contribution in [0.4, 0.5) is 11.4 Å². The van der Waals surface area contributed by atoms with Gasteiger partial charge >= 0.3 is 0 Å². The van der Waals surface area contributed by atoms with Gasteiger partial charge in [-0.2, -0.15) is 0 Å². The van der Waals surface area contributed by atoms with Gasteiger partial charge in [-0.1, -0.05) is 12.1 Å². The SMILES string of the molecule is NC(=O)c1ccccc1NC(=O)CCNS(=O)(=O)c1ccc([N+](=O)[O-])cc1. The number of sulfonamides is 1. The molecule has 10 nitrogen and oxygen atoms in total. The highest BCUT2D eigenvalue weighted by Gasteiger charge is 2.16. The Morgan fingerprint density at radius 3 is 2.30 bits per heavy atom. The molecule has 0 aromatic heterocycles. The summed E-state index contributed by atoms with van der Waals surface area (Å²) in [4.78, 5) is 33.1. The van der Waals surface area contributed by atoms with E-state index < -0.39 is 26.8 Å². The Kier molecular flexibility index (Phi) is 6.21. The largest absolute Gasteiger partial charge is 0.366 e. The fraction of sp³-hybridized carbons (Fsp3) is 0.125. The van der Waals surface area contributed by atoms with Crippen LogP contribution in [0, 0.1) is 10.1 Å². The van der Waals surface area contributed by atoms with Crippen molar-refractivity contribution in [3.05, 3.63) is 64.2 Å². The molecule has 0 aliphatic rings. The molecule has 0 heterocycles. The van der Waals surface area contributed by atoms with Gasteiger partial charge in [-0.25, -0.2) is 13.1 Å². The molecule has 2 amide bonds. The molecule has 0 aliphatic carbocycles. The Morgan fingerprint density at radius 2 is 1.70 bits per heavy atom. The van der Waals surface area contributed by atoms with Crippen molar-refractivity contribution in [2.45, 2.75) is 11.3 Å². The molecule has 0 fully saturated rings. The van der Waals surface area contributed by atoms with E-state index in [1.165, 1.54) is 12.1 Å². The van der Waals surface area contributed by atoms with Crippen LogP contribution < -0.4 is 15.8 Å². The van der Waals surface area contributed by atoms with Gasteiger partial charge in [0.05, 0.1) is 21.1 Å². The van der Waals surface area contributed by atoms with E-state index in [0.29, 0.717) is 0 Å². The Balaban J connectivity index is 1.94. The topological polar surface area (TPSA) is 162 Å². The lowest BCUT2D eigenvalue weighted by Gasteiger charge is -2.09. The summed E-state index contributed by atoms with van der Waals surface area (Å²) in [5, 5.41) is 13.1. The average molecular weight is 392 g/mol. The van der Waals surface area contributed by atoms with Crippen molar-refractivity contribution < 1.29 is 22.9 Å². The summed E-state index contributed by atoms with van der Waals surface area (Å²) in [6.07, 6.45) is -0.195. The van der Waals surface area contributed by atoms with Crippen LogP contribution in [0.3, 0.4) is 0 Å². The number of anilines is 1. The maximum Gasteiger partial charge on any atom is 0.269 e. The molecule has 4 N–H and O–H groups in total. The number of nitro benzene ring substituents is 1. The molecule has 0 unspecified atom stereocenters. The van der Waals surface area contributed by atoms with Gasteiger partial charge < -0.3 is 11.1 Å².